The number of carbonyl (C=O) groups excluding carboxylic acids is 1. The Bertz CT molecular complexity index is 795. The number of hydrogen-bond donors (Lipinski definition) is 2. The molecule has 2 saturated heterocycles. The number of likely N-dealkylation sites (tertiary alicyclic amines) is 1. The van der Waals surface area contributed by atoms with Gasteiger partial charge in [0.25, 0.3) is 5.91 Å². The number of phenolic OH excluding ortho intramolecular Hbond substituents is 1. The molecule has 0 bridgehead atoms. The number of fused-ring (bicyclic) bond motifs is 1. The van der Waals surface area contributed by atoms with E-state index >= 15 is 0 Å². The van der Waals surface area contributed by atoms with Crippen molar-refractivity contribution in [2.75, 3.05) is 46.3 Å². The SMILES string of the molecule is CN1CCN([C@@H]2C[C@@H]3CN(C(=O)c4cc(O)cc(C(F)(F)F)c4)C[C@@H]3C[C@H]2O)CC1. The molecule has 9 heteroatoms. The van der Waals surface area contributed by atoms with Crippen molar-refractivity contribution in [3.05, 3.63) is 29.3 Å². The summed E-state index contributed by atoms with van der Waals surface area (Å²) in [5.74, 6) is -0.708. The van der Waals surface area contributed by atoms with Gasteiger partial charge in [-0.1, -0.05) is 0 Å². The second-order valence-electron chi connectivity index (χ2n) is 8.94. The summed E-state index contributed by atoms with van der Waals surface area (Å²) >= 11 is 0. The Hall–Kier alpha value is -1.84. The van der Waals surface area contributed by atoms with Crippen molar-refractivity contribution in [2.24, 2.45) is 11.8 Å². The van der Waals surface area contributed by atoms with E-state index in [1.165, 1.54) is 0 Å². The molecule has 1 aromatic rings. The van der Waals surface area contributed by atoms with E-state index in [1.807, 2.05) is 0 Å². The number of rotatable bonds is 2. The molecule has 0 spiro atoms. The van der Waals surface area contributed by atoms with E-state index in [9.17, 15) is 28.2 Å². The molecular formula is C21H28F3N3O3. The lowest BCUT2D eigenvalue weighted by Gasteiger charge is -2.44. The number of alkyl halides is 3. The Morgan fingerprint density at radius 1 is 1.03 bits per heavy atom. The van der Waals surface area contributed by atoms with E-state index in [1.54, 1.807) is 4.90 Å². The number of carbonyl (C=O) groups is 1. The highest BCUT2D eigenvalue weighted by atomic mass is 19.4. The van der Waals surface area contributed by atoms with Crippen LogP contribution < -0.4 is 0 Å². The number of likely N-dealkylation sites (N-methyl/N-ethyl adjacent to an activating group) is 1. The van der Waals surface area contributed by atoms with Gasteiger partial charge >= 0.3 is 6.18 Å². The van der Waals surface area contributed by atoms with Crippen molar-refractivity contribution in [1.29, 1.82) is 0 Å². The third-order valence-corrected chi connectivity index (χ3v) is 6.90. The van der Waals surface area contributed by atoms with Gasteiger partial charge in [-0.3, -0.25) is 9.69 Å². The summed E-state index contributed by atoms with van der Waals surface area (Å²) in [4.78, 5) is 19.1. The van der Waals surface area contributed by atoms with Crippen molar-refractivity contribution in [2.45, 2.75) is 31.2 Å². The van der Waals surface area contributed by atoms with Crippen molar-refractivity contribution >= 4 is 5.91 Å². The first-order valence-electron chi connectivity index (χ1n) is 10.4. The van der Waals surface area contributed by atoms with Crippen LogP contribution in [0.15, 0.2) is 18.2 Å². The lowest BCUT2D eigenvalue weighted by Crippen LogP contribution is -2.55. The Kier molecular flexibility index (Phi) is 5.71. The molecule has 166 valence electrons. The van der Waals surface area contributed by atoms with Crippen LogP contribution in [0.25, 0.3) is 0 Å². The van der Waals surface area contributed by atoms with Crippen LogP contribution in [0.3, 0.4) is 0 Å². The van der Waals surface area contributed by atoms with Gasteiger partial charge in [0.05, 0.1) is 11.7 Å². The van der Waals surface area contributed by atoms with Crippen LogP contribution >= 0.6 is 0 Å². The molecule has 4 atom stereocenters. The van der Waals surface area contributed by atoms with Crippen LogP contribution in [0.4, 0.5) is 13.2 Å². The average Bonchev–Trinajstić information content (AvgIpc) is 3.09. The lowest BCUT2D eigenvalue weighted by atomic mass is 9.77. The Morgan fingerprint density at radius 2 is 1.67 bits per heavy atom. The number of aliphatic hydroxyl groups excluding tert-OH is 1. The van der Waals surface area contributed by atoms with Gasteiger partial charge in [-0.25, -0.2) is 0 Å². The van der Waals surface area contributed by atoms with Crippen LogP contribution in [0.2, 0.25) is 0 Å². The molecule has 3 fully saturated rings. The maximum Gasteiger partial charge on any atom is 0.416 e. The van der Waals surface area contributed by atoms with Gasteiger partial charge < -0.3 is 20.0 Å². The predicted molar refractivity (Wildman–Crippen MR) is 104 cm³/mol. The number of halogens is 3. The number of piperazine rings is 1. The number of benzene rings is 1. The number of phenols is 1. The molecule has 2 N–H and O–H groups in total. The summed E-state index contributed by atoms with van der Waals surface area (Å²) in [6.07, 6.45) is -3.71. The van der Waals surface area contributed by atoms with Gasteiger partial charge in [0, 0.05) is 50.9 Å². The van der Waals surface area contributed by atoms with E-state index in [0.29, 0.717) is 25.6 Å². The average molecular weight is 427 g/mol. The van der Waals surface area contributed by atoms with Crippen molar-refractivity contribution in [3.63, 3.8) is 0 Å². The van der Waals surface area contributed by atoms with Crippen molar-refractivity contribution in [3.8, 4) is 5.75 Å². The fourth-order valence-electron chi connectivity index (χ4n) is 5.20. The second kappa shape index (κ2) is 8.01. The fourth-order valence-corrected chi connectivity index (χ4v) is 5.20. The number of hydrogen-bond acceptors (Lipinski definition) is 5. The number of aliphatic hydroxyl groups is 1. The molecule has 0 radical (unpaired) electrons. The third kappa shape index (κ3) is 4.29. The van der Waals surface area contributed by atoms with E-state index in [2.05, 4.69) is 16.8 Å². The Morgan fingerprint density at radius 3 is 2.30 bits per heavy atom. The molecule has 1 aromatic carbocycles. The van der Waals surface area contributed by atoms with E-state index in [-0.39, 0.29) is 23.4 Å². The first-order valence-corrected chi connectivity index (χ1v) is 10.4. The minimum Gasteiger partial charge on any atom is -0.508 e. The van der Waals surface area contributed by atoms with Crippen molar-refractivity contribution in [1.82, 2.24) is 14.7 Å². The smallest absolute Gasteiger partial charge is 0.416 e. The molecule has 0 aromatic heterocycles. The maximum atomic E-state index is 13.0. The summed E-state index contributed by atoms with van der Waals surface area (Å²) in [6.45, 7) is 4.62. The molecule has 0 unspecified atom stereocenters. The van der Waals surface area contributed by atoms with Crippen LogP contribution in [-0.4, -0.2) is 89.3 Å². The highest BCUT2D eigenvalue weighted by molar-refractivity contribution is 5.95. The quantitative estimate of drug-likeness (QED) is 0.755. The molecule has 30 heavy (non-hydrogen) atoms. The summed E-state index contributed by atoms with van der Waals surface area (Å²) in [7, 11) is 2.08. The molecular weight excluding hydrogens is 399 g/mol. The molecule has 1 aliphatic carbocycles. The van der Waals surface area contributed by atoms with E-state index < -0.39 is 29.5 Å². The summed E-state index contributed by atoms with van der Waals surface area (Å²) in [6, 6.07) is 2.57. The van der Waals surface area contributed by atoms with Crippen LogP contribution in [0.5, 0.6) is 5.75 Å². The third-order valence-electron chi connectivity index (χ3n) is 6.90. The number of aromatic hydroxyl groups is 1. The normalized spacial score (nSPS) is 31.0. The van der Waals surface area contributed by atoms with Crippen molar-refractivity contribution < 1.29 is 28.2 Å². The fraction of sp³-hybridized carbons (Fsp3) is 0.667. The van der Waals surface area contributed by atoms with Gasteiger partial charge in [0.15, 0.2) is 0 Å². The largest absolute Gasteiger partial charge is 0.508 e. The van der Waals surface area contributed by atoms with Gasteiger partial charge in [0.1, 0.15) is 5.75 Å². The Balaban J connectivity index is 1.45. The van der Waals surface area contributed by atoms with Crippen LogP contribution in [0.1, 0.15) is 28.8 Å². The number of nitrogens with zero attached hydrogens (tertiary/aromatic N) is 3. The van der Waals surface area contributed by atoms with Crippen LogP contribution in [0, 0.1) is 11.8 Å². The molecule has 6 nitrogen and oxygen atoms in total. The zero-order chi connectivity index (χ0) is 21.6. The highest BCUT2D eigenvalue weighted by Gasteiger charge is 2.45. The van der Waals surface area contributed by atoms with Gasteiger partial charge in [0.2, 0.25) is 0 Å². The zero-order valence-electron chi connectivity index (χ0n) is 17.0. The molecule has 2 heterocycles. The summed E-state index contributed by atoms with van der Waals surface area (Å²) in [5, 5.41) is 20.4. The lowest BCUT2D eigenvalue weighted by molar-refractivity contribution is -0.137. The Labute approximate surface area is 173 Å². The zero-order valence-corrected chi connectivity index (χ0v) is 17.0. The molecule has 1 amide bonds. The minimum atomic E-state index is -4.63. The maximum absolute atomic E-state index is 13.0. The van der Waals surface area contributed by atoms with E-state index in [0.717, 1.165) is 44.7 Å². The van der Waals surface area contributed by atoms with Gasteiger partial charge in [-0.15, -0.1) is 0 Å². The highest BCUT2D eigenvalue weighted by Crippen LogP contribution is 2.39. The van der Waals surface area contributed by atoms with Gasteiger partial charge in [-0.05, 0) is 49.9 Å². The topological polar surface area (TPSA) is 67.2 Å². The molecule has 2 aliphatic heterocycles. The summed E-state index contributed by atoms with van der Waals surface area (Å²) < 4.78 is 39.1. The van der Waals surface area contributed by atoms with Gasteiger partial charge in [-0.2, -0.15) is 13.2 Å². The monoisotopic (exact) mass is 427 g/mol. The standard InChI is InChI=1S/C21H28F3N3O3/c1-25-2-4-26(5-3-25)18-8-14-11-27(12-15(14)9-19(18)29)20(30)13-6-16(21(22,23)24)10-17(28)7-13/h6-7,10,14-15,18-19,28-29H,2-5,8-9,11-12H2,1H3/t14-,15+,18-,19-/m1/s1. The summed E-state index contributed by atoms with van der Waals surface area (Å²) in [5.41, 5.74) is -1.19. The van der Waals surface area contributed by atoms with E-state index in [4.69, 9.17) is 0 Å². The first kappa shape index (κ1) is 21.4. The molecule has 4 rings (SSSR count). The predicted octanol–water partition coefficient (Wildman–Crippen LogP) is 1.87. The number of amides is 1. The minimum absolute atomic E-state index is 0.0626. The molecule has 1 saturated carbocycles. The first-order chi connectivity index (χ1) is 14.1. The van der Waals surface area contributed by atoms with Crippen LogP contribution in [-0.2, 0) is 6.18 Å². The second-order valence-corrected chi connectivity index (χ2v) is 8.94. The molecule has 3 aliphatic rings.